The van der Waals surface area contributed by atoms with Crippen LogP contribution in [0.3, 0.4) is 0 Å². The second-order valence-corrected chi connectivity index (χ2v) is 11.2. The third kappa shape index (κ3) is 16.0. The molecule has 35 heavy (non-hydrogen) atoms. The Bertz CT molecular complexity index is 750. The van der Waals surface area contributed by atoms with Crippen LogP contribution < -0.4 is 16.0 Å². The molecule has 0 aliphatic heterocycles. The molecule has 1 atom stereocenters. The van der Waals surface area contributed by atoms with E-state index in [1.54, 1.807) is 0 Å². The summed E-state index contributed by atoms with van der Waals surface area (Å²) in [7, 11) is 0. The maximum atomic E-state index is 12.6. The first-order valence-electron chi connectivity index (χ1n) is 13.3. The molecule has 0 unspecified atom stereocenters. The highest BCUT2D eigenvalue weighted by atomic mass is 127. The minimum absolute atomic E-state index is 0.0396. The van der Waals surface area contributed by atoms with Gasteiger partial charge in [-0.15, -0.1) is 0 Å². The van der Waals surface area contributed by atoms with Gasteiger partial charge in [-0.2, -0.15) is 0 Å². The Morgan fingerprint density at radius 3 is 2.11 bits per heavy atom. The third-order valence-corrected chi connectivity index (χ3v) is 6.62. The number of nitrogens with one attached hydrogen (secondary N) is 3. The highest BCUT2D eigenvalue weighted by Gasteiger charge is 2.22. The molecular formula is C28H46IN3O3. The molecule has 1 aromatic carbocycles. The van der Waals surface area contributed by atoms with Crippen molar-refractivity contribution in [2.24, 2.45) is 5.92 Å². The average molecular weight is 600 g/mol. The van der Waals surface area contributed by atoms with Gasteiger partial charge in [0.1, 0.15) is 0 Å². The quantitative estimate of drug-likeness (QED) is 0.151. The van der Waals surface area contributed by atoms with Crippen LogP contribution in [0.25, 0.3) is 0 Å². The summed E-state index contributed by atoms with van der Waals surface area (Å²) in [4.78, 5) is 37.1. The van der Waals surface area contributed by atoms with Crippen molar-refractivity contribution < 1.29 is 14.4 Å². The summed E-state index contributed by atoms with van der Waals surface area (Å²) in [6, 6.07) is 8.44. The van der Waals surface area contributed by atoms with Crippen LogP contribution in [0.4, 0.5) is 0 Å². The molecule has 1 rings (SSSR count). The first-order valence-corrected chi connectivity index (χ1v) is 14.3. The molecule has 0 fully saturated rings. The molecule has 0 saturated heterocycles. The zero-order valence-electron chi connectivity index (χ0n) is 22.1. The first kappa shape index (κ1) is 31.5. The standard InChI is InChI=1S/C28H46IN3O3/c1-21(2)28(35)25(32-27(34)13-6-5-8-19-30-22(3)4)12-7-9-20-31-26(33)14-10-11-23-15-17-24(29)18-16-23/h15-18,21-22,25,30H,5-14,19-20H2,1-4H3,(H,31,33)(H,32,34)/t25-/m1/s1. The number of halogens is 1. The smallest absolute Gasteiger partial charge is 0.220 e. The number of benzene rings is 1. The second-order valence-electron chi connectivity index (χ2n) is 9.92. The van der Waals surface area contributed by atoms with Gasteiger partial charge >= 0.3 is 0 Å². The van der Waals surface area contributed by atoms with Crippen molar-refractivity contribution in [3.63, 3.8) is 0 Å². The van der Waals surface area contributed by atoms with E-state index in [1.807, 2.05) is 13.8 Å². The maximum Gasteiger partial charge on any atom is 0.220 e. The average Bonchev–Trinajstić information content (AvgIpc) is 2.80. The van der Waals surface area contributed by atoms with E-state index < -0.39 is 6.04 Å². The van der Waals surface area contributed by atoms with Gasteiger partial charge in [0.15, 0.2) is 5.78 Å². The maximum absolute atomic E-state index is 12.6. The highest BCUT2D eigenvalue weighted by Crippen LogP contribution is 2.11. The number of carbonyl (C=O) groups is 3. The molecule has 198 valence electrons. The number of rotatable bonds is 19. The lowest BCUT2D eigenvalue weighted by Crippen LogP contribution is -2.42. The van der Waals surface area contributed by atoms with Crippen molar-refractivity contribution in [3.05, 3.63) is 33.4 Å². The molecule has 0 spiro atoms. The summed E-state index contributed by atoms with van der Waals surface area (Å²) >= 11 is 2.29. The minimum Gasteiger partial charge on any atom is -0.356 e. The lowest BCUT2D eigenvalue weighted by Gasteiger charge is -2.20. The fraction of sp³-hybridized carbons (Fsp3) is 0.679. The number of hydrogen-bond donors (Lipinski definition) is 3. The van der Waals surface area contributed by atoms with Crippen molar-refractivity contribution in [1.82, 2.24) is 16.0 Å². The van der Waals surface area contributed by atoms with Gasteiger partial charge in [-0.05, 0) is 91.8 Å². The molecule has 3 N–H and O–H groups in total. The number of aryl methyl sites for hydroxylation is 1. The number of ketones is 1. The van der Waals surface area contributed by atoms with Crippen LogP contribution in [-0.2, 0) is 20.8 Å². The van der Waals surface area contributed by atoms with Crippen LogP contribution in [0.2, 0.25) is 0 Å². The van der Waals surface area contributed by atoms with E-state index in [2.05, 4.69) is 76.7 Å². The van der Waals surface area contributed by atoms with E-state index in [0.717, 1.165) is 51.5 Å². The molecule has 1 aromatic rings. The fourth-order valence-corrected chi connectivity index (χ4v) is 4.19. The third-order valence-electron chi connectivity index (χ3n) is 5.91. The first-order chi connectivity index (χ1) is 16.7. The number of unbranched alkanes of at least 4 members (excludes halogenated alkanes) is 3. The fourth-order valence-electron chi connectivity index (χ4n) is 3.83. The summed E-state index contributed by atoms with van der Waals surface area (Å²) in [6.07, 6.45) is 7.79. The number of hydrogen-bond acceptors (Lipinski definition) is 4. The highest BCUT2D eigenvalue weighted by molar-refractivity contribution is 14.1. The predicted molar refractivity (Wildman–Crippen MR) is 152 cm³/mol. The zero-order valence-corrected chi connectivity index (χ0v) is 24.3. The van der Waals surface area contributed by atoms with E-state index in [4.69, 9.17) is 0 Å². The molecule has 7 heteroatoms. The largest absolute Gasteiger partial charge is 0.356 e. The Morgan fingerprint density at radius 2 is 1.46 bits per heavy atom. The topological polar surface area (TPSA) is 87.3 Å². The Morgan fingerprint density at radius 1 is 0.800 bits per heavy atom. The van der Waals surface area contributed by atoms with Crippen molar-refractivity contribution in [1.29, 1.82) is 0 Å². The lowest BCUT2D eigenvalue weighted by molar-refractivity contribution is -0.129. The van der Waals surface area contributed by atoms with Crippen molar-refractivity contribution in [2.45, 2.75) is 104 Å². The van der Waals surface area contributed by atoms with E-state index in [-0.39, 0.29) is 23.5 Å². The van der Waals surface area contributed by atoms with Gasteiger partial charge in [0.2, 0.25) is 11.8 Å². The van der Waals surface area contributed by atoms with E-state index in [0.29, 0.717) is 31.8 Å². The summed E-state index contributed by atoms with van der Waals surface area (Å²) in [5, 5.41) is 9.32. The van der Waals surface area contributed by atoms with Gasteiger partial charge in [0.25, 0.3) is 0 Å². The predicted octanol–water partition coefficient (Wildman–Crippen LogP) is 5.17. The van der Waals surface area contributed by atoms with Crippen LogP contribution in [0.1, 0.15) is 91.0 Å². The van der Waals surface area contributed by atoms with Gasteiger partial charge in [-0.25, -0.2) is 0 Å². The number of amides is 2. The van der Waals surface area contributed by atoms with Crippen LogP contribution in [0.5, 0.6) is 0 Å². The van der Waals surface area contributed by atoms with E-state index in [9.17, 15) is 14.4 Å². The van der Waals surface area contributed by atoms with Gasteiger partial charge in [0.05, 0.1) is 6.04 Å². The Kier molecular flexibility index (Phi) is 16.9. The summed E-state index contributed by atoms with van der Waals surface area (Å²) < 4.78 is 1.21. The minimum atomic E-state index is -0.435. The Balaban J connectivity index is 2.23. The molecule has 0 aromatic heterocycles. The molecule has 0 aliphatic rings. The number of Topliss-reactive ketones (excluding diaryl/α,β-unsaturated/α-hetero) is 1. The van der Waals surface area contributed by atoms with Crippen LogP contribution in [0.15, 0.2) is 24.3 Å². The Hall–Kier alpha value is -1.48. The van der Waals surface area contributed by atoms with E-state index in [1.165, 1.54) is 9.13 Å². The van der Waals surface area contributed by atoms with Crippen LogP contribution >= 0.6 is 22.6 Å². The molecule has 0 heterocycles. The molecular weight excluding hydrogens is 553 g/mol. The summed E-state index contributed by atoms with van der Waals surface area (Å²) in [5.74, 6) is -0.00113. The van der Waals surface area contributed by atoms with Gasteiger partial charge in [-0.1, -0.05) is 46.2 Å². The van der Waals surface area contributed by atoms with Crippen molar-refractivity contribution in [3.8, 4) is 0 Å². The second kappa shape index (κ2) is 18.7. The van der Waals surface area contributed by atoms with Crippen LogP contribution in [-0.4, -0.2) is 42.8 Å². The molecule has 2 amide bonds. The summed E-state index contributed by atoms with van der Waals surface area (Å²) in [5.41, 5.74) is 1.25. The lowest BCUT2D eigenvalue weighted by atomic mass is 9.97. The van der Waals surface area contributed by atoms with Gasteiger partial charge in [-0.3, -0.25) is 14.4 Å². The van der Waals surface area contributed by atoms with Gasteiger partial charge < -0.3 is 16.0 Å². The van der Waals surface area contributed by atoms with Crippen LogP contribution in [0, 0.1) is 9.49 Å². The van der Waals surface area contributed by atoms with Crippen molar-refractivity contribution in [2.75, 3.05) is 13.1 Å². The Labute approximate surface area is 226 Å². The molecule has 0 aliphatic carbocycles. The SMILES string of the molecule is CC(C)NCCCCCC(=O)N[C@H](CCCCNC(=O)CCCc1ccc(I)cc1)C(=O)C(C)C. The molecule has 0 saturated carbocycles. The molecule has 6 nitrogen and oxygen atoms in total. The zero-order chi connectivity index (χ0) is 26.1. The monoisotopic (exact) mass is 599 g/mol. The molecule has 0 radical (unpaired) electrons. The van der Waals surface area contributed by atoms with Gasteiger partial charge in [0, 0.05) is 34.9 Å². The number of carbonyl (C=O) groups excluding carboxylic acids is 3. The van der Waals surface area contributed by atoms with Crippen molar-refractivity contribution >= 4 is 40.2 Å². The normalized spacial score (nSPS) is 12.1. The summed E-state index contributed by atoms with van der Waals surface area (Å²) in [6.45, 7) is 9.57. The molecule has 0 bridgehead atoms. The van der Waals surface area contributed by atoms with E-state index >= 15 is 0 Å².